The number of hydrogen-bond donors (Lipinski definition) is 1. The third-order valence-electron chi connectivity index (χ3n) is 3.63. The minimum Gasteiger partial charge on any atom is -0.497 e. The molecule has 0 heterocycles. The Morgan fingerprint density at radius 2 is 1.60 bits per heavy atom. The summed E-state index contributed by atoms with van der Waals surface area (Å²) in [6.45, 7) is 1.99. The Hall–Kier alpha value is -2.70. The summed E-state index contributed by atoms with van der Waals surface area (Å²) in [5.41, 5.74) is 1.51. The van der Waals surface area contributed by atoms with E-state index in [-0.39, 0.29) is 24.1 Å². The number of amides is 1. The van der Waals surface area contributed by atoms with Gasteiger partial charge < -0.3 is 14.8 Å². The summed E-state index contributed by atoms with van der Waals surface area (Å²) in [5.74, 6) is -0.133. The zero-order valence-corrected chi connectivity index (χ0v) is 13.8. The van der Waals surface area contributed by atoms with Crippen molar-refractivity contribution in [2.45, 2.75) is 25.7 Å². The van der Waals surface area contributed by atoms with Crippen molar-refractivity contribution in [3.63, 3.8) is 0 Å². The van der Waals surface area contributed by atoms with Crippen LogP contribution in [0.5, 0.6) is 11.5 Å². The van der Waals surface area contributed by atoms with E-state index >= 15 is 0 Å². The highest BCUT2D eigenvalue weighted by Gasteiger charge is 2.30. The van der Waals surface area contributed by atoms with Crippen LogP contribution in [0.3, 0.4) is 0 Å². The fourth-order valence-electron chi connectivity index (χ4n) is 2.20. The highest BCUT2D eigenvalue weighted by atomic mass is 19.4. The van der Waals surface area contributed by atoms with Gasteiger partial charge in [-0.05, 0) is 42.3 Å². The summed E-state index contributed by atoms with van der Waals surface area (Å²) in [5, 5.41) is 2.76. The smallest absolute Gasteiger partial charge is 0.497 e. The van der Waals surface area contributed by atoms with Crippen LogP contribution in [-0.2, 0) is 11.3 Å². The Bertz CT molecular complexity index is 697. The van der Waals surface area contributed by atoms with E-state index < -0.39 is 6.36 Å². The van der Waals surface area contributed by atoms with Crippen LogP contribution >= 0.6 is 0 Å². The lowest BCUT2D eigenvalue weighted by molar-refractivity contribution is -0.274. The molecule has 1 atom stereocenters. The first-order chi connectivity index (χ1) is 11.8. The zero-order valence-electron chi connectivity index (χ0n) is 13.8. The van der Waals surface area contributed by atoms with Crippen molar-refractivity contribution in [1.82, 2.24) is 5.32 Å². The molecule has 0 saturated heterocycles. The van der Waals surface area contributed by atoms with Crippen molar-refractivity contribution in [1.29, 1.82) is 0 Å². The van der Waals surface area contributed by atoms with E-state index in [0.717, 1.165) is 5.56 Å². The first-order valence-corrected chi connectivity index (χ1v) is 7.55. The predicted molar refractivity (Wildman–Crippen MR) is 86.4 cm³/mol. The van der Waals surface area contributed by atoms with Gasteiger partial charge in [0.25, 0.3) is 0 Å². The van der Waals surface area contributed by atoms with Crippen LogP contribution in [0, 0.1) is 0 Å². The summed E-state index contributed by atoms with van der Waals surface area (Å²) < 4.78 is 45.2. The lowest BCUT2D eigenvalue weighted by Gasteiger charge is -2.13. The van der Waals surface area contributed by atoms with Gasteiger partial charge in [-0.1, -0.05) is 24.3 Å². The summed E-state index contributed by atoms with van der Waals surface area (Å²) in [4.78, 5) is 12.2. The van der Waals surface area contributed by atoms with E-state index in [0.29, 0.717) is 11.3 Å². The third-order valence-corrected chi connectivity index (χ3v) is 3.63. The van der Waals surface area contributed by atoms with Gasteiger partial charge in [-0.3, -0.25) is 4.79 Å². The number of nitrogens with one attached hydrogen (secondary N) is 1. The van der Waals surface area contributed by atoms with Crippen LogP contribution in [0.4, 0.5) is 13.2 Å². The van der Waals surface area contributed by atoms with E-state index in [1.807, 2.05) is 12.1 Å². The SMILES string of the molecule is COc1ccc(C(C)C(=O)NCc2ccc(OC(F)(F)F)cc2)cc1. The van der Waals surface area contributed by atoms with Crippen molar-refractivity contribution in [3.05, 3.63) is 59.7 Å². The molecule has 0 spiro atoms. The molecule has 2 aromatic carbocycles. The number of benzene rings is 2. The average molecular weight is 353 g/mol. The number of carbonyl (C=O) groups excluding carboxylic acids is 1. The molecule has 2 rings (SSSR count). The average Bonchev–Trinajstić information content (AvgIpc) is 2.59. The first kappa shape index (κ1) is 18.6. The summed E-state index contributed by atoms with van der Waals surface area (Å²) in [7, 11) is 1.57. The molecular weight excluding hydrogens is 335 g/mol. The summed E-state index contributed by atoms with van der Waals surface area (Å²) in [6, 6.07) is 12.5. The topological polar surface area (TPSA) is 47.6 Å². The number of alkyl halides is 3. The van der Waals surface area contributed by atoms with Gasteiger partial charge in [-0.2, -0.15) is 0 Å². The van der Waals surface area contributed by atoms with Gasteiger partial charge in [0, 0.05) is 6.54 Å². The Labute approximate surface area is 143 Å². The van der Waals surface area contributed by atoms with Crippen molar-refractivity contribution >= 4 is 5.91 Å². The van der Waals surface area contributed by atoms with E-state index in [1.165, 1.54) is 24.3 Å². The molecule has 1 unspecified atom stereocenters. The highest BCUT2D eigenvalue weighted by molar-refractivity contribution is 5.83. The maximum Gasteiger partial charge on any atom is 0.573 e. The molecule has 4 nitrogen and oxygen atoms in total. The number of halogens is 3. The van der Waals surface area contributed by atoms with Crippen molar-refractivity contribution in [3.8, 4) is 11.5 Å². The first-order valence-electron chi connectivity index (χ1n) is 7.55. The maximum atomic E-state index is 12.2. The molecule has 0 aliphatic rings. The van der Waals surface area contributed by atoms with Gasteiger partial charge in [0.2, 0.25) is 5.91 Å². The van der Waals surface area contributed by atoms with Crippen molar-refractivity contribution < 1.29 is 27.4 Å². The third kappa shape index (κ3) is 5.70. The summed E-state index contributed by atoms with van der Waals surface area (Å²) >= 11 is 0. The van der Waals surface area contributed by atoms with Crippen LogP contribution in [0.1, 0.15) is 24.0 Å². The Morgan fingerprint density at radius 3 is 2.12 bits per heavy atom. The number of methoxy groups -OCH3 is 1. The lowest BCUT2D eigenvalue weighted by Crippen LogP contribution is -2.27. The molecular formula is C18H18F3NO3. The highest BCUT2D eigenvalue weighted by Crippen LogP contribution is 2.23. The van der Waals surface area contributed by atoms with Crippen molar-refractivity contribution in [2.24, 2.45) is 0 Å². The van der Waals surface area contributed by atoms with Gasteiger partial charge in [0.05, 0.1) is 13.0 Å². The van der Waals surface area contributed by atoms with Crippen LogP contribution in [0.25, 0.3) is 0 Å². The van der Waals surface area contributed by atoms with Crippen LogP contribution in [0.2, 0.25) is 0 Å². The molecule has 0 aliphatic carbocycles. The number of ether oxygens (including phenoxy) is 2. The second-order valence-corrected chi connectivity index (χ2v) is 5.40. The molecule has 0 saturated carbocycles. The Kier molecular flexibility index (Phi) is 5.90. The number of hydrogen-bond acceptors (Lipinski definition) is 3. The van der Waals surface area contributed by atoms with Crippen LogP contribution in [0.15, 0.2) is 48.5 Å². The van der Waals surface area contributed by atoms with E-state index in [1.54, 1.807) is 26.2 Å². The summed E-state index contributed by atoms with van der Waals surface area (Å²) in [6.07, 6.45) is -4.72. The molecule has 0 bridgehead atoms. The Morgan fingerprint density at radius 1 is 1.04 bits per heavy atom. The second-order valence-electron chi connectivity index (χ2n) is 5.40. The molecule has 134 valence electrons. The molecule has 0 radical (unpaired) electrons. The lowest BCUT2D eigenvalue weighted by atomic mass is 10.00. The predicted octanol–water partition coefficient (Wildman–Crippen LogP) is 4.01. The number of carbonyl (C=O) groups is 1. The molecule has 0 fully saturated rings. The Balaban J connectivity index is 1.90. The van der Waals surface area contributed by atoms with Gasteiger partial charge in [0.1, 0.15) is 11.5 Å². The van der Waals surface area contributed by atoms with Crippen LogP contribution < -0.4 is 14.8 Å². The molecule has 25 heavy (non-hydrogen) atoms. The van der Waals surface area contributed by atoms with Gasteiger partial charge >= 0.3 is 6.36 Å². The van der Waals surface area contributed by atoms with Gasteiger partial charge in [-0.15, -0.1) is 13.2 Å². The minimum atomic E-state index is -4.72. The molecule has 1 amide bonds. The fraction of sp³-hybridized carbons (Fsp3) is 0.278. The van der Waals surface area contributed by atoms with Gasteiger partial charge in [-0.25, -0.2) is 0 Å². The van der Waals surface area contributed by atoms with E-state index in [2.05, 4.69) is 10.1 Å². The number of rotatable bonds is 6. The molecule has 0 aromatic heterocycles. The maximum absolute atomic E-state index is 12.2. The van der Waals surface area contributed by atoms with Gasteiger partial charge in [0.15, 0.2) is 0 Å². The van der Waals surface area contributed by atoms with Crippen LogP contribution in [-0.4, -0.2) is 19.4 Å². The molecule has 0 aliphatic heterocycles. The molecule has 1 N–H and O–H groups in total. The largest absolute Gasteiger partial charge is 0.573 e. The zero-order chi connectivity index (χ0) is 18.4. The van der Waals surface area contributed by atoms with E-state index in [4.69, 9.17) is 4.74 Å². The molecule has 7 heteroatoms. The fourth-order valence-corrected chi connectivity index (χ4v) is 2.20. The van der Waals surface area contributed by atoms with E-state index in [9.17, 15) is 18.0 Å². The monoisotopic (exact) mass is 353 g/mol. The quantitative estimate of drug-likeness (QED) is 0.853. The standard InChI is InChI=1S/C18H18F3NO3/c1-12(14-5-9-15(24-2)10-6-14)17(23)22-11-13-3-7-16(8-4-13)25-18(19,20)21/h3-10,12H,11H2,1-2H3,(H,22,23). The second kappa shape index (κ2) is 7.92. The molecule has 2 aromatic rings. The normalized spacial score (nSPS) is 12.4. The minimum absolute atomic E-state index is 0.180. The van der Waals surface area contributed by atoms with Crippen molar-refractivity contribution in [2.75, 3.05) is 7.11 Å².